The van der Waals surface area contributed by atoms with Crippen molar-refractivity contribution in [3.63, 3.8) is 0 Å². The maximum absolute atomic E-state index is 12.2. The molecule has 2 heterocycles. The molecule has 0 bridgehead atoms. The molecule has 3 rings (SSSR count). The Morgan fingerprint density at radius 2 is 1.86 bits per heavy atom. The van der Waals surface area contributed by atoms with Gasteiger partial charge >= 0.3 is 5.97 Å². The number of carbonyl (C=O) groups excluding carboxylic acids is 2. The van der Waals surface area contributed by atoms with Gasteiger partial charge in [0.15, 0.2) is 0 Å². The quantitative estimate of drug-likeness (QED) is 0.685. The number of hydrogen-bond donors (Lipinski definition) is 1. The third-order valence-electron chi connectivity index (χ3n) is 4.14. The summed E-state index contributed by atoms with van der Waals surface area (Å²) in [6.07, 6.45) is 3.29. The average Bonchev–Trinajstić information content (AvgIpc) is 2.98. The Kier molecular flexibility index (Phi) is 5.09. The van der Waals surface area contributed by atoms with Gasteiger partial charge in [-0.1, -0.05) is 6.07 Å². The molecule has 0 saturated carbocycles. The first kappa shape index (κ1) is 19.4. The predicted molar refractivity (Wildman–Crippen MR) is 106 cm³/mol. The molecule has 0 radical (unpaired) electrons. The molecule has 0 aliphatic rings. The fourth-order valence-corrected chi connectivity index (χ4v) is 2.99. The third kappa shape index (κ3) is 4.14. The second-order valence-electron chi connectivity index (χ2n) is 7.44. The van der Waals surface area contributed by atoms with Crippen molar-refractivity contribution < 1.29 is 19.1 Å². The van der Waals surface area contributed by atoms with Crippen LogP contribution in [0.2, 0.25) is 0 Å². The lowest BCUT2D eigenvalue weighted by molar-refractivity contribution is -0.155. The molecule has 1 amide bonds. The monoisotopic (exact) mass is 381 g/mol. The van der Waals surface area contributed by atoms with Crippen molar-refractivity contribution in [1.29, 1.82) is 0 Å². The minimum atomic E-state index is -0.582. The smallest absolute Gasteiger partial charge is 0.326 e. The van der Waals surface area contributed by atoms with Crippen LogP contribution in [0.1, 0.15) is 31.1 Å². The van der Waals surface area contributed by atoms with Gasteiger partial charge in [-0.25, -0.2) is 4.98 Å². The first-order valence-corrected chi connectivity index (χ1v) is 8.83. The van der Waals surface area contributed by atoms with Crippen LogP contribution in [0, 0.1) is 0 Å². The molecule has 7 heteroatoms. The topological polar surface area (TPSA) is 96.4 Å². The molecule has 28 heavy (non-hydrogen) atoms. The standard InChI is InChI=1S/C21H23N3O4/c1-21(2,3)28-19(25)12-24-11-16(20(22)26)15-9-13(5-7-17(15)24)14-6-8-18(27-4)23-10-14/h5-11H,12H2,1-4H3,(H2,22,26). The maximum atomic E-state index is 12.2. The van der Waals surface area contributed by atoms with Crippen molar-refractivity contribution in [1.82, 2.24) is 9.55 Å². The zero-order valence-corrected chi connectivity index (χ0v) is 16.4. The average molecular weight is 381 g/mol. The number of esters is 1. The number of methoxy groups -OCH3 is 1. The number of ether oxygens (including phenoxy) is 2. The molecular weight excluding hydrogens is 358 g/mol. The van der Waals surface area contributed by atoms with Gasteiger partial charge in [-0.2, -0.15) is 0 Å². The lowest BCUT2D eigenvalue weighted by atomic mass is 10.0. The predicted octanol–water partition coefficient (Wildman–Crippen LogP) is 3.15. The lowest BCUT2D eigenvalue weighted by Gasteiger charge is -2.19. The number of hydrogen-bond acceptors (Lipinski definition) is 5. The SMILES string of the molecule is COc1ccc(-c2ccc3c(c2)c(C(N)=O)cn3CC(=O)OC(C)(C)C)cn1. The van der Waals surface area contributed by atoms with E-state index in [1.807, 2.05) is 45.0 Å². The first-order valence-electron chi connectivity index (χ1n) is 8.83. The lowest BCUT2D eigenvalue weighted by Crippen LogP contribution is -2.26. The highest BCUT2D eigenvalue weighted by Gasteiger charge is 2.19. The van der Waals surface area contributed by atoms with E-state index in [1.165, 1.54) is 0 Å². The molecule has 2 aromatic heterocycles. The summed E-state index contributed by atoms with van der Waals surface area (Å²) in [4.78, 5) is 28.4. The summed E-state index contributed by atoms with van der Waals surface area (Å²) < 4.78 is 12.1. The van der Waals surface area contributed by atoms with E-state index in [9.17, 15) is 9.59 Å². The third-order valence-corrected chi connectivity index (χ3v) is 4.14. The second kappa shape index (κ2) is 7.34. The molecule has 0 aliphatic carbocycles. The molecule has 2 N–H and O–H groups in total. The molecule has 0 unspecified atom stereocenters. The summed E-state index contributed by atoms with van der Waals surface area (Å²) in [5.74, 6) is -0.423. The number of carbonyl (C=O) groups is 2. The van der Waals surface area contributed by atoms with Crippen LogP contribution in [0.25, 0.3) is 22.0 Å². The van der Waals surface area contributed by atoms with E-state index >= 15 is 0 Å². The highest BCUT2D eigenvalue weighted by molar-refractivity contribution is 6.07. The van der Waals surface area contributed by atoms with Crippen LogP contribution < -0.4 is 10.5 Å². The van der Waals surface area contributed by atoms with E-state index in [4.69, 9.17) is 15.2 Å². The molecule has 1 aromatic carbocycles. The molecule has 146 valence electrons. The Morgan fingerprint density at radius 1 is 1.14 bits per heavy atom. The van der Waals surface area contributed by atoms with Gasteiger partial charge in [-0.15, -0.1) is 0 Å². The summed E-state index contributed by atoms with van der Waals surface area (Å²) in [5, 5.41) is 0.671. The van der Waals surface area contributed by atoms with Crippen molar-refractivity contribution in [2.45, 2.75) is 32.9 Å². The van der Waals surface area contributed by atoms with Crippen molar-refractivity contribution in [3.05, 3.63) is 48.3 Å². The van der Waals surface area contributed by atoms with Crippen LogP contribution in [0.5, 0.6) is 5.88 Å². The fourth-order valence-electron chi connectivity index (χ4n) is 2.99. The fraction of sp³-hybridized carbons (Fsp3) is 0.286. The summed E-state index contributed by atoms with van der Waals surface area (Å²) in [7, 11) is 1.56. The Hall–Kier alpha value is -3.35. The van der Waals surface area contributed by atoms with E-state index in [2.05, 4.69) is 4.98 Å². The van der Waals surface area contributed by atoms with Gasteiger partial charge in [-0.3, -0.25) is 9.59 Å². The normalized spacial score (nSPS) is 11.4. The summed E-state index contributed by atoms with van der Waals surface area (Å²) in [6.45, 7) is 5.42. The minimum absolute atomic E-state index is 0.00944. The van der Waals surface area contributed by atoms with E-state index in [-0.39, 0.29) is 12.5 Å². The largest absolute Gasteiger partial charge is 0.481 e. The van der Waals surface area contributed by atoms with Gasteiger partial charge in [0.2, 0.25) is 5.88 Å². The van der Waals surface area contributed by atoms with Crippen LogP contribution in [-0.4, -0.2) is 34.1 Å². The highest BCUT2D eigenvalue weighted by Crippen LogP contribution is 2.28. The molecule has 0 aliphatic heterocycles. The molecule has 0 saturated heterocycles. The van der Waals surface area contributed by atoms with Crippen molar-refractivity contribution in [3.8, 4) is 17.0 Å². The summed E-state index contributed by atoms with van der Waals surface area (Å²) in [5.41, 5.74) is 7.80. The number of amides is 1. The maximum Gasteiger partial charge on any atom is 0.326 e. The zero-order chi connectivity index (χ0) is 20.5. The van der Waals surface area contributed by atoms with Gasteiger partial charge in [0.05, 0.1) is 12.7 Å². The van der Waals surface area contributed by atoms with E-state index in [1.54, 1.807) is 30.1 Å². The van der Waals surface area contributed by atoms with Crippen LogP contribution in [0.3, 0.4) is 0 Å². The number of nitrogens with zero attached hydrogens (tertiary/aromatic N) is 2. The molecule has 0 fully saturated rings. The van der Waals surface area contributed by atoms with E-state index < -0.39 is 11.5 Å². The number of benzene rings is 1. The Morgan fingerprint density at radius 3 is 2.43 bits per heavy atom. The first-order chi connectivity index (χ1) is 13.2. The van der Waals surface area contributed by atoms with Gasteiger partial charge in [0.1, 0.15) is 12.1 Å². The van der Waals surface area contributed by atoms with E-state index in [0.29, 0.717) is 16.8 Å². The second-order valence-corrected chi connectivity index (χ2v) is 7.44. The number of pyridine rings is 1. The molecule has 3 aromatic rings. The van der Waals surface area contributed by atoms with Crippen molar-refractivity contribution in [2.75, 3.05) is 7.11 Å². The van der Waals surface area contributed by atoms with Gasteiger partial charge in [0, 0.05) is 34.9 Å². The number of fused-ring (bicyclic) bond motifs is 1. The van der Waals surface area contributed by atoms with Crippen molar-refractivity contribution >= 4 is 22.8 Å². The number of aromatic nitrogens is 2. The number of primary amides is 1. The highest BCUT2D eigenvalue weighted by atomic mass is 16.6. The Bertz CT molecular complexity index is 1030. The molecule has 0 spiro atoms. The minimum Gasteiger partial charge on any atom is -0.481 e. The number of rotatable bonds is 5. The van der Waals surface area contributed by atoms with Gasteiger partial charge in [-0.05, 0) is 44.5 Å². The van der Waals surface area contributed by atoms with Crippen molar-refractivity contribution in [2.24, 2.45) is 5.73 Å². The molecular formula is C21H23N3O4. The summed E-state index contributed by atoms with van der Waals surface area (Å²) in [6, 6.07) is 9.27. The van der Waals surface area contributed by atoms with Crippen LogP contribution in [0.4, 0.5) is 0 Å². The number of nitrogens with two attached hydrogens (primary N) is 1. The van der Waals surface area contributed by atoms with Gasteiger partial charge < -0.3 is 19.8 Å². The molecule has 0 atom stereocenters. The van der Waals surface area contributed by atoms with Crippen LogP contribution in [-0.2, 0) is 16.1 Å². The zero-order valence-electron chi connectivity index (χ0n) is 16.4. The summed E-state index contributed by atoms with van der Waals surface area (Å²) >= 11 is 0. The Balaban J connectivity index is 2.01. The van der Waals surface area contributed by atoms with Crippen LogP contribution in [0.15, 0.2) is 42.7 Å². The van der Waals surface area contributed by atoms with Gasteiger partial charge in [0.25, 0.3) is 5.91 Å². The molecule has 7 nitrogen and oxygen atoms in total. The van der Waals surface area contributed by atoms with Crippen LogP contribution >= 0.6 is 0 Å². The van der Waals surface area contributed by atoms with E-state index in [0.717, 1.165) is 16.6 Å². The Labute approximate surface area is 163 Å².